The summed E-state index contributed by atoms with van der Waals surface area (Å²) in [5.41, 5.74) is 6.07. The van der Waals surface area contributed by atoms with Gasteiger partial charge < -0.3 is 10.1 Å². The lowest BCUT2D eigenvalue weighted by atomic mass is 10.0. The molecule has 4 rings (SSSR count). The average Bonchev–Trinajstić information content (AvgIpc) is 2.87. The fourth-order valence-electron chi connectivity index (χ4n) is 3.53. The van der Waals surface area contributed by atoms with Crippen LogP contribution in [-0.4, -0.2) is 41.4 Å². The summed E-state index contributed by atoms with van der Waals surface area (Å²) in [6, 6.07) is 18.2. The summed E-state index contributed by atoms with van der Waals surface area (Å²) >= 11 is 0. The van der Waals surface area contributed by atoms with Gasteiger partial charge in [-0.1, -0.05) is 18.2 Å². The van der Waals surface area contributed by atoms with Crippen LogP contribution < -0.4 is 10.1 Å². The van der Waals surface area contributed by atoms with E-state index in [2.05, 4.69) is 39.6 Å². The Morgan fingerprint density at radius 2 is 1.79 bits per heavy atom. The van der Waals surface area contributed by atoms with E-state index in [0.29, 0.717) is 12.4 Å². The molecule has 4 aromatic rings. The van der Waals surface area contributed by atoms with Crippen molar-refractivity contribution in [3.05, 3.63) is 78.6 Å². The Hall–Kier alpha value is -4.06. The molecule has 0 saturated heterocycles. The van der Waals surface area contributed by atoms with E-state index in [4.69, 9.17) is 14.7 Å². The number of rotatable bonds is 7. The predicted octanol–water partition coefficient (Wildman–Crippen LogP) is 5.82. The molecule has 0 amide bonds. The maximum absolute atomic E-state index is 5.91. The second-order valence-corrected chi connectivity index (χ2v) is 7.79. The number of pyridine rings is 1. The quantitative estimate of drug-likeness (QED) is 0.369. The molecular formula is C27H27N5O. The number of aliphatic imine (C=N–C) groups is 1. The lowest BCUT2D eigenvalue weighted by Gasteiger charge is -2.11. The normalized spacial score (nSPS) is 12.1. The molecule has 0 aliphatic carbocycles. The topological polar surface area (TPSA) is 72.3 Å². The molecule has 6 nitrogen and oxygen atoms in total. The van der Waals surface area contributed by atoms with E-state index in [9.17, 15) is 0 Å². The molecule has 2 aromatic heterocycles. The summed E-state index contributed by atoms with van der Waals surface area (Å²) < 4.78 is 5.91. The Morgan fingerprint density at radius 1 is 1.00 bits per heavy atom. The summed E-state index contributed by atoms with van der Waals surface area (Å²) in [7, 11) is 3.66. The molecule has 166 valence electrons. The van der Waals surface area contributed by atoms with Crippen LogP contribution in [0, 0.1) is 0 Å². The second kappa shape index (κ2) is 10.0. The number of fused-ring (bicyclic) bond motifs is 1. The lowest BCUT2D eigenvalue weighted by molar-refractivity contribution is 0.352. The maximum Gasteiger partial charge on any atom is 0.163 e. The molecule has 33 heavy (non-hydrogen) atoms. The molecule has 6 heteroatoms. The molecule has 2 heterocycles. The van der Waals surface area contributed by atoms with Gasteiger partial charge in [0, 0.05) is 43.2 Å². The highest BCUT2D eigenvalue weighted by Gasteiger charge is 2.10. The number of nitrogens with one attached hydrogen (secondary N) is 1. The zero-order valence-electron chi connectivity index (χ0n) is 19.3. The number of nitrogens with zero attached hydrogens (tertiary/aromatic N) is 4. The molecule has 0 bridgehead atoms. The summed E-state index contributed by atoms with van der Waals surface area (Å²) in [6.07, 6.45) is 5.55. The van der Waals surface area contributed by atoms with Gasteiger partial charge >= 0.3 is 0 Å². The van der Waals surface area contributed by atoms with Crippen LogP contribution in [0.3, 0.4) is 0 Å². The highest BCUT2D eigenvalue weighted by molar-refractivity contribution is 5.94. The first-order valence-corrected chi connectivity index (χ1v) is 10.8. The Bertz CT molecular complexity index is 1310. The Morgan fingerprint density at radius 3 is 2.48 bits per heavy atom. The van der Waals surface area contributed by atoms with Crippen LogP contribution in [0.15, 0.2) is 83.6 Å². The van der Waals surface area contributed by atoms with Gasteiger partial charge in [-0.3, -0.25) is 9.98 Å². The minimum atomic E-state index is 0.532. The molecule has 0 aliphatic rings. The number of hydrogen-bond donors (Lipinski definition) is 1. The van der Waals surface area contributed by atoms with E-state index in [0.717, 1.165) is 50.4 Å². The molecule has 0 radical (unpaired) electrons. The third-order valence-electron chi connectivity index (χ3n) is 5.31. The Labute approximate surface area is 194 Å². The summed E-state index contributed by atoms with van der Waals surface area (Å²) in [4.78, 5) is 17.8. The van der Waals surface area contributed by atoms with Crippen LogP contribution in [0.2, 0.25) is 0 Å². The Kier molecular flexibility index (Phi) is 6.74. The van der Waals surface area contributed by atoms with Gasteiger partial charge in [0.1, 0.15) is 18.2 Å². The van der Waals surface area contributed by atoms with Crippen LogP contribution in [0.25, 0.3) is 33.4 Å². The zero-order chi connectivity index (χ0) is 23.2. The number of hydrogen-bond acceptors (Lipinski definition) is 6. The van der Waals surface area contributed by atoms with Crippen molar-refractivity contribution in [2.45, 2.75) is 13.8 Å². The molecule has 0 unspecified atom stereocenters. The van der Waals surface area contributed by atoms with Crippen LogP contribution in [-0.2, 0) is 0 Å². The van der Waals surface area contributed by atoms with E-state index < -0.39 is 0 Å². The van der Waals surface area contributed by atoms with Crippen molar-refractivity contribution in [1.29, 1.82) is 0 Å². The summed E-state index contributed by atoms with van der Waals surface area (Å²) in [5, 5.41) is 4.18. The van der Waals surface area contributed by atoms with Gasteiger partial charge in [-0.2, -0.15) is 0 Å². The third-order valence-corrected chi connectivity index (χ3v) is 5.31. The van der Waals surface area contributed by atoms with Crippen LogP contribution in [0.1, 0.15) is 13.8 Å². The third kappa shape index (κ3) is 5.23. The molecular weight excluding hydrogens is 410 g/mol. The van der Waals surface area contributed by atoms with E-state index in [1.807, 2.05) is 57.3 Å². The van der Waals surface area contributed by atoms with Gasteiger partial charge in [0.2, 0.25) is 0 Å². The maximum atomic E-state index is 5.91. The van der Waals surface area contributed by atoms with Gasteiger partial charge in [0.05, 0.1) is 5.52 Å². The van der Waals surface area contributed by atoms with Gasteiger partial charge in [-0.05, 0) is 73.0 Å². The fraction of sp³-hybridized carbons (Fsp3) is 0.185. The van der Waals surface area contributed by atoms with Crippen molar-refractivity contribution < 1.29 is 4.74 Å². The van der Waals surface area contributed by atoms with Gasteiger partial charge in [0.25, 0.3) is 0 Å². The highest BCUT2D eigenvalue weighted by atomic mass is 16.5. The molecule has 0 spiro atoms. The summed E-state index contributed by atoms with van der Waals surface area (Å²) in [6.45, 7) is 4.55. The van der Waals surface area contributed by atoms with E-state index in [1.165, 1.54) is 0 Å². The predicted molar refractivity (Wildman–Crippen MR) is 136 cm³/mol. The van der Waals surface area contributed by atoms with Crippen LogP contribution in [0.5, 0.6) is 5.75 Å². The Balaban J connectivity index is 1.58. The first-order valence-electron chi connectivity index (χ1n) is 10.8. The van der Waals surface area contributed by atoms with Crippen molar-refractivity contribution in [3.8, 4) is 28.3 Å². The molecule has 0 fully saturated rings. The van der Waals surface area contributed by atoms with E-state index in [-0.39, 0.29) is 0 Å². The standard InChI is InChI=1S/C27H27N5O/c1-18(14-19(2)28-3)17-33-23-10-7-20(8-11-23)21-9-12-25-24(15-21)27(29-4)32-26(31-25)22-6-5-13-30-16-22/h5-16H,17H2,1-4H3,(H,29,31,32)/b18-14+,28-19?. The van der Waals surface area contributed by atoms with Crippen molar-refractivity contribution >= 4 is 22.4 Å². The van der Waals surface area contributed by atoms with Crippen LogP contribution >= 0.6 is 0 Å². The lowest BCUT2D eigenvalue weighted by Crippen LogP contribution is -2.00. The van der Waals surface area contributed by atoms with E-state index >= 15 is 0 Å². The second-order valence-electron chi connectivity index (χ2n) is 7.79. The monoisotopic (exact) mass is 437 g/mol. The molecule has 0 saturated carbocycles. The largest absolute Gasteiger partial charge is 0.489 e. The first-order chi connectivity index (χ1) is 16.1. The van der Waals surface area contributed by atoms with Gasteiger partial charge in [-0.15, -0.1) is 0 Å². The zero-order valence-corrected chi connectivity index (χ0v) is 19.3. The number of anilines is 1. The number of aromatic nitrogens is 3. The van der Waals surface area contributed by atoms with Crippen molar-refractivity contribution in [2.24, 2.45) is 4.99 Å². The minimum absolute atomic E-state index is 0.532. The van der Waals surface area contributed by atoms with Crippen molar-refractivity contribution in [1.82, 2.24) is 15.0 Å². The summed E-state index contributed by atoms with van der Waals surface area (Å²) in [5.74, 6) is 2.27. The molecule has 0 aliphatic heterocycles. The number of ether oxygens (including phenoxy) is 1. The first kappa shape index (κ1) is 22.1. The molecule has 1 N–H and O–H groups in total. The van der Waals surface area contributed by atoms with Gasteiger partial charge in [0.15, 0.2) is 5.82 Å². The smallest absolute Gasteiger partial charge is 0.163 e. The van der Waals surface area contributed by atoms with Gasteiger partial charge in [-0.25, -0.2) is 9.97 Å². The number of benzene rings is 2. The molecule has 2 aromatic carbocycles. The van der Waals surface area contributed by atoms with Crippen molar-refractivity contribution in [2.75, 3.05) is 26.0 Å². The SMILES string of the molecule is CN=C(C)/C=C(\C)COc1ccc(-c2ccc3nc(-c4cccnc4)nc(NC)c3c2)cc1. The van der Waals surface area contributed by atoms with Crippen molar-refractivity contribution in [3.63, 3.8) is 0 Å². The molecule has 0 atom stereocenters. The van der Waals surface area contributed by atoms with E-state index in [1.54, 1.807) is 19.4 Å². The van der Waals surface area contributed by atoms with Crippen LogP contribution in [0.4, 0.5) is 5.82 Å². The fourth-order valence-corrected chi connectivity index (χ4v) is 3.53. The minimum Gasteiger partial charge on any atom is -0.489 e. The number of allylic oxidation sites excluding steroid dienone is 1. The average molecular weight is 438 g/mol. The highest BCUT2D eigenvalue weighted by Crippen LogP contribution is 2.30.